The summed E-state index contributed by atoms with van der Waals surface area (Å²) in [5.74, 6) is -0.864. The third kappa shape index (κ3) is 2.19. The number of carbonyl (C=O) groups is 1. The SMILES string of the molecule is CCc1cc(C(=O)O)c([Si])c(CC)c1CC. The number of hydrogen-bond acceptors (Lipinski definition) is 1. The zero-order valence-corrected chi connectivity index (χ0v) is 11.1. The molecule has 85 valence electrons. The van der Waals surface area contributed by atoms with Crippen molar-refractivity contribution in [3.63, 3.8) is 0 Å². The molecule has 0 aromatic heterocycles. The Labute approximate surface area is 100 Å². The minimum atomic E-state index is -0.864. The molecule has 3 heteroatoms. The first-order valence-electron chi connectivity index (χ1n) is 5.69. The van der Waals surface area contributed by atoms with E-state index in [4.69, 9.17) is 5.11 Å². The molecule has 0 unspecified atom stereocenters. The Morgan fingerprint density at radius 2 is 1.75 bits per heavy atom. The molecular formula is C13H17O2Si. The first-order chi connectivity index (χ1) is 7.56. The molecule has 1 aromatic carbocycles. The summed E-state index contributed by atoms with van der Waals surface area (Å²) in [6, 6.07) is 1.79. The van der Waals surface area contributed by atoms with Crippen LogP contribution in [-0.2, 0) is 19.3 Å². The van der Waals surface area contributed by atoms with E-state index in [0.717, 1.165) is 35.6 Å². The Morgan fingerprint density at radius 3 is 2.12 bits per heavy atom. The van der Waals surface area contributed by atoms with Crippen LogP contribution in [0, 0.1) is 0 Å². The Hall–Kier alpha value is -1.09. The van der Waals surface area contributed by atoms with Gasteiger partial charge in [-0.2, -0.15) is 0 Å². The molecule has 16 heavy (non-hydrogen) atoms. The van der Waals surface area contributed by atoms with Crippen LogP contribution in [0.3, 0.4) is 0 Å². The molecule has 0 bridgehead atoms. The summed E-state index contributed by atoms with van der Waals surface area (Å²) in [4.78, 5) is 11.1. The highest BCUT2D eigenvalue weighted by atomic mass is 28.1. The summed E-state index contributed by atoms with van der Waals surface area (Å²) in [6.07, 6.45) is 2.68. The van der Waals surface area contributed by atoms with Gasteiger partial charge in [-0.05, 0) is 47.2 Å². The van der Waals surface area contributed by atoms with E-state index in [-0.39, 0.29) is 0 Å². The molecule has 0 amide bonds. The largest absolute Gasteiger partial charge is 0.478 e. The van der Waals surface area contributed by atoms with Crippen molar-refractivity contribution in [1.29, 1.82) is 0 Å². The van der Waals surface area contributed by atoms with Gasteiger partial charge in [0.1, 0.15) is 0 Å². The van der Waals surface area contributed by atoms with Crippen molar-refractivity contribution in [1.82, 2.24) is 0 Å². The lowest BCUT2D eigenvalue weighted by molar-refractivity contribution is 0.0698. The highest BCUT2D eigenvalue weighted by Crippen LogP contribution is 2.18. The van der Waals surface area contributed by atoms with Gasteiger partial charge in [0.05, 0.1) is 15.8 Å². The maximum Gasteiger partial charge on any atom is 0.335 e. The molecule has 0 saturated carbocycles. The van der Waals surface area contributed by atoms with Crippen LogP contribution in [0.2, 0.25) is 0 Å². The number of hydrogen-bond donors (Lipinski definition) is 1. The van der Waals surface area contributed by atoms with E-state index in [1.165, 1.54) is 5.56 Å². The third-order valence-electron chi connectivity index (χ3n) is 2.96. The molecule has 0 atom stereocenters. The molecule has 2 nitrogen and oxygen atoms in total. The summed E-state index contributed by atoms with van der Waals surface area (Å²) >= 11 is 0. The molecular weight excluding hydrogens is 216 g/mol. The minimum absolute atomic E-state index is 0.377. The quantitative estimate of drug-likeness (QED) is 0.806. The van der Waals surface area contributed by atoms with Gasteiger partial charge in [0.25, 0.3) is 0 Å². The number of carboxylic acid groups (broad SMARTS) is 1. The van der Waals surface area contributed by atoms with Gasteiger partial charge in [-0.15, -0.1) is 0 Å². The molecule has 0 aliphatic heterocycles. The van der Waals surface area contributed by atoms with Crippen LogP contribution >= 0.6 is 0 Å². The summed E-state index contributed by atoms with van der Waals surface area (Å²) in [5, 5.41) is 9.88. The molecule has 3 radical (unpaired) electrons. The number of carboxylic acids is 1. The molecule has 0 aliphatic carbocycles. The van der Waals surface area contributed by atoms with Crippen LogP contribution < -0.4 is 5.19 Å². The molecule has 0 saturated heterocycles. The van der Waals surface area contributed by atoms with E-state index in [2.05, 4.69) is 31.0 Å². The molecule has 0 aliphatic rings. The van der Waals surface area contributed by atoms with E-state index in [9.17, 15) is 4.79 Å². The zero-order chi connectivity index (χ0) is 12.3. The second-order valence-corrected chi connectivity index (χ2v) is 4.28. The molecule has 0 spiro atoms. The molecule has 1 rings (SSSR count). The molecule has 1 N–H and O–H groups in total. The second-order valence-electron chi connectivity index (χ2n) is 3.78. The fraction of sp³-hybridized carbons (Fsp3) is 0.462. The Kier molecular flexibility index (Phi) is 4.30. The highest BCUT2D eigenvalue weighted by molar-refractivity contribution is 6.37. The van der Waals surface area contributed by atoms with Gasteiger partial charge in [-0.1, -0.05) is 20.8 Å². The van der Waals surface area contributed by atoms with E-state index in [1.54, 1.807) is 6.07 Å². The monoisotopic (exact) mass is 233 g/mol. The van der Waals surface area contributed by atoms with Crippen molar-refractivity contribution in [2.24, 2.45) is 0 Å². The van der Waals surface area contributed by atoms with Crippen molar-refractivity contribution in [3.8, 4) is 0 Å². The van der Waals surface area contributed by atoms with Gasteiger partial charge in [0, 0.05) is 0 Å². The topological polar surface area (TPSA) is 37.3 Å². The van der Waals surface area contributed by atoms with E-state index < -0.39 is 5.97 Å². The number of aromatic carboxylic acids is 1. The molecule has 0 heterocycles. The van der Waals surface area contributed by atoms with Crippen LogP contribution in [0.25, 0.3) is 0 Å². The van der Waals surface area contributed by atoms with Crippen LogP contribution in [0.5, 0.6) is 0 Å². The summed E-state index contributed by atoms with van der Waals surface area (Å²) in [6.45, 7) is 6.23. The first kappa shape index (κ1) is 13.0. The standard InChI is InChI=1S/C13H17O2Si/c1-4-8-7-11(13(14)15)12(16)10(6-3)9(8)5-2/h7H,4-6H2,1-3H3,(H,14,15). The van der Waals surface area contributed by atoms with Gasteiger partial charge in [-0.3, -0.25) is 0 Å². The summed E-state index contributed by atoms with van der Waals surface area (Å²) < 4.78 is 0. The fourth-order valence-corrected chi connectivity index (χ4v) is 2.66. The van der Waals surface area contributed by atoms with Crippen LogP contribution in [0.1, 0.15) is 47.8 Å². The van der Waals surface area contributed by atoms with Crippen LogP contribution in [0.15, 0.2) is 6.07 Å². The summed E-state index contributed by atoms with van der Waals surface area (Å²) in [5.41, 5.74) is 3.96. The third-order valence-corrected chi connectivity index (χ3v) is 3.53. The maximum atomic E-state index is 11.1. The lowest BCUT2D eigenvalue weighted by Crippen LogP contribution is -2.23. The highest BCUT2D eigenvalue weighted by Gasteiger charge is 2.15. The van der Waals surface area contributed by atoms with Gasteiger partial charge < -0.3 is 5.11 Å². The number of benzene rings is 1. The van der Waals surface area contributed by atoms with Gasteiger partial charge in [0.15, 0.2) is 0 Å². The second kappa shape index (κ2) is 5.30. The van der Waals surface area contributed by atoms with E-state index in [0.29, 0.717) is 5.56 Å². The minimum Gasteiger partial charge on any atom is -0.478 e. The van der Waals surface area contributed by atoms with Crippen LogP contribution in [0.4, 0.5) is 0 Å². The van der Waals surface area contributed by atoms with Gasteiger partial charge in [0.2, 0.25) is 0 Å². The smallest absolute Gasteiger partial charge is 0.335 e. The van der Waals surface area contributed by atoms with Crippen LogP contribution in [-0.4, -0.2) is 21.3 Å². The van der Waals surface area contributed by atoms with Gasteiger partial charge >= 0.3 is 5.97 Å². The Morgan fingerprint density at radius 1 is 1.19 bits per heavy atom. The lowest BCUT2D eigenvalue weighted by atomic mass is 9.92. The Balaban J connectivity index is 3.54. The maximum absolute atomic E-state index is 11.1. The molecule has 0 fully saturated rings. The lowest BCUT2D eigenvalue weighted by Gasteiger charge is -2.16. The first-order valence-corrected chi connectivity index (χ1v) is 6.19. The number of aryl methyl sites for hydroxylation is 1. The average molecular weight is 233 g/mol. The van der Waals surface area contributed by atoms with E-state index >= 15 is 0 Å². The zero-order valence-electron chi connectivity index (χ0n) is 10.1. The predicted molar refractivity (Wildman–Crippen MR) is 66.9 cm³/mol. The van der Waals surface area contributed by atoms with E-state index in [1.807, 2.05) is 0 Å². The number of rotatable bonds is 4. The van der Waals surface area contributed by atoms with Crippen molar-refractivity contribution >= 4 is 21.4 Å². The average Bonchev–Trinajstić information content (AvgIpc) is 2.27. The fourth-order valence-electron chi connectivity index (χ4n) is 2.16. The predicted octanol–water partition coefficient (Wildman–Crippen LogP) is 1.87. The van der Waals surface area contributed by atoms with Crippen molar-refractivity contribution in [2.45, 2.75) is 40.0 Å². The normalized spacial score (nSPS) is 10.5. The summed E-state index contributed by atoms with van der Waals surface area (Å²) in [7, 11) is 3.47. The van der Waals surface area contributed by atoms with Crippen molar-refractivity contribution in [2.75, 3.05) is 0 Å². The van der Waals surface area contributed by atoms with Gasteiger partial charge in [-0.25, -0.2) is 4.79 Å². The Bertz CT molecular complexity index is 411. The molecule has 1 aromatic rings. The van der Waals surface area contributed by atoms with Crippen molar-refractivity contribution in [3.05, 3.63) is 28.3 Å². The van der Waals surface area contributed by atoms with Crippen molar-refractivity contribution < 1.29 is 9.90 Å².